The van der Waals surface area contributed by atoms with Gasteiger partial charge in [0.05, 0.1) is 6.04 Å². The molecule has 0 heterocycles. The lowest BCUT2D eigenvalue weighted by Crippen LogP contribution is -2.34. The smallest absolute Gasteiger partial charge is 0.405 e. The number of halogens is 2. The SMILES string of the molecule is CC1(C)Cc2cc(-c3ccc(OC(F)F)cc3)ccc2C1NC(=O)O. The fourth-order valence-electron chi connectivity index (χ4n) is 3.46. The molecule has 0 bridgehead atoms. The number of rotatable bonds is 4. The Balaban J connectivity index is 1.88. The van der Waals surface area contributed by atoms with Crippen LogP contribution in [0.2, 0.25) is 0 Å². The number of alkyl halides is 2. The summed E-state index contributed by atoms with van der Waals surface area (Å²) in [6, 6.07) is 12.1. The van der Waals surface area contributed by atoms with Gasteiger partial charge in [0, 0.05) is 0 Å². The van der Waals surface area contributed by atoms with E-state index >= 15 is 0 Å². The van der Waals surface area contributed by atoms with Crippen molar-refractivity contribution >= 4 is 6.09 Å². The Morgan fingerprint density at radius 2 is 1.84 bits per heavy atom. The van der Waals surface area contributed by atoms with Crippen molar-refractivity contribution in [3.63, 3.8) is 0 Å². The van der Waals surface area contributed by atoms with Gasteiger partial charge in [0.2, 0.25) is 0 Å². The summed E-state index contributed by atoms with van der Waals surface area (Å²) in [7, 11) is 0. The zero-order chi connectivity index (χ0) is 18.2. The number of carboxylic acid groups (broad SMARTS) is 1. The van der Waals surface area contributed by atoms with E-state index in [0.717, 1.165) is 28.7 Å². The molecular weight excluding hydrogens is 328 g/mol. The molecule has 1 unspecified atom stereocenters. The number of hydrogen-bond acceptors (Lipinski definition) is 2. The minimum Gasteiger partial charge on any atom is -0.465 e. The molecule has 0 saturated carbocycles. The molecule has 2 N–H and O–H groups in total. The maximum Gasteiger partial charge on any atom is 0.405 e. The highest BCUT2D eigenvalue weighted by atomic mass is 19.3. The molecule has 1 atom stereocenters. The Labute approximate surface area is 144 Å². The van der Waals surface area contributed by atoms with Crippen molar-refractivity contribution in [2.24, 2.45) is 5.41 Å². The second-order valence-electron chi connectivity index (χ2n) is 6.86. The monoisotopic (exact) mass is 347 g/mol. The van der Waals surface area contributed by atoms with E-state index < -0.39 is 12.7 Å². The second kappa shape index (κ2) is 6.35. The molecule has 0 spiro atoms. The van der Waals surface area contributed by atoms with Gasteiger partial charge in [0.25, 0.3) is 0 Å². The maximum absolute atomic E-state index is 12.2. The molecule has 1 amide bonds. The van der Waals surface area contributed by atoms with Gasteiger partial charge in [-0.15, -0.1) is 0 Å². The van der Waals surface area contributed by atoms with Crippen molar-refractivity contribution in [3.05, 3.63) is 53.6 Å². The van der Waals surface area contributed by atoms with Crippen molar-refractivity contribution in [2.75, 3.05) is 0 Å². The van der Waals surface area contributed by atoms with Crippen LogP contribution in [0.5, 0.6) is 5.75 Å². The van der Waals surface area contributed by atoms with Crippen molar-refractivity contribution in [1.29, 1.82) is 0 Å². The highest BCUT2D eigenvalue weighted by Crippen LogP contribution is 2.46. The second-order valence-corrected chi connectivity index (χ2v) is 6.86. The number of nitrogens with one attached hydrogen (secondary N) is 1. The zero-order valence-electron chi connectivity index (χ0n) is 13.9. The molecule has 1 aliphatic carbocycles. The highest BCUT2D eigenvalue weighted by Gasteiger charge is 2.39. The topological polar surface area (TPSA) is 58.6 Å². The molecule has 0 aromatic heterocycles. The summed E-state index contributed by atoms with van der Waals surface area (Å²) in [5.74, 6) is 0.117. The molecule has 4 nitrogen and oxygen atoms in total. The highest BCUT2D eigenvalue weighted by molar-refractivity contribution is 5.68. The third-order valence-corrected chi connectivity index (χ3v) is 4.56. The van der Waals surface area contributed by atoms with Gasteiger partial charge in [-0.1, -0.05) is 44.2 Å². The summed E-state index contributed by atoms with van der Waals surface area (Å²) in [5, 5.41) is 11.7. The van der Waals surface area contributed by atoms with E-state index in [1.807, 2.05) is 32.0 Å². The summed E-state index contributed by atoms with van der Waals surface area (Å²) in [4.78, 5) is 11.1. The van der Waals surface area contributed by atoms with E-state index in [2.05, 4.69) is 10.1 Å². The first kappa shape index (κ1) is 17.2. The van der Waals surface area contributed by atoms with Crippen LogP contribution in [0.25, 0.3) is 11.1 Å². The van der Waals surface area contributed by atoms with Crippen LogP contribution in [0.15, 0.2) is 42.5 Å². The molecule has 0 fully saturated rings. The van der Waals surface area contributed by atoms with Crippen molar-refractivity contribution < 1.29 is 23.4 Å². The summed E-state index contributed by atoms with van der Waals surface area (Å²) in [5.41, 5.74) is 3.70. The van der Waals surface area contributed by atoms with Gasteiger partial charge in [-0.2, -0.15) is 8.78 Å². The molecule has 1 aliphatic rings. The van der Waals surface area contributed by atoms with Gasteiger partial charge in [-0.25, -0.2) is 4.79 Å². The minimum atomic E-state index is -2.84. The van der Waals surface area contributed by atoms with E-state index in [-0.39, 0.29) is 17.2 Å². The van der Waals surface area contributed by atoms with Crippen LogP contribution in [-0.2, 0) is 6.42 Å². The normalized spacial score (nSPS) is 18.0. The van der Waals surface area contributed by atoms with Crippen molar-refractivity contribution in [2.45, 2.75) is 32.9 Å². The van der Waals surface area contributed by atoms with Gasteiger partial charge in [-0.3, -0.25) is 0 Å². The Kier molecular flexibility index (Phi) is 4.37. The number of ether oxygens (including phenoxy) is 1. The van der Waals surface area contributed by atoms with Gasteiger partial charge >= 0.3 is 12.7 Å². The van der Waals surface area contributed by atoms with Crippen LogP contribution in [0.3, 0.4) is 0 Å². The molecule has 25 heavy (non-hydrogen) atoms. The summed E-state index contributed by atoms with van der Waals surface area (Å²) in [6.07, 6.45) is -0.280. The molecule has 6 heteroatoms. The predicted molar refractivity (Wildman–Crippen MR) is 89.9 cm³/mol. The number of benzene rings is 2. The molecule has 0 saturated heterocycles. The first-order valence-corrected chi connectivity index (χ1v) is 7.94. The van der Waals surface area contributed by atoms with Gasteiger partial charge in [-0.05, 0) is 46.2 Å². The zero-order valence-corrected chi connectivity index (χ0v) is 13.9. The fourth-order valence-corrected chi connectivity index (χ4v) is 3.46. The quantitative estimate of drug-likeness (QED) is 0.831. The van der Waals surface area contributed by atoms with E-state index in [1.165, 1.54) is 12.1 Å². The van der Waals surface area contributed by atoms with Crippen molar-refractivity contribution in [1.82, 2.24) is 5.32 Å². The fraction of sp³-hybridized carbons (Fsp3) is 0.316. The van der Waals surface area contributed by atoms with Gasteiger partial charge < -0.3 is 15.2 Å². The number of hydrogen-bond donors (Lipinski definition) is 2. The third kappa shape index (κ3) is 3.57. The Morgan fingerprint density at radius 1 is 1.20 bits per heavy atom. The third-order valence-electron chi connectivity index (χ3n) is 4.56. The lowest BCUT2D eigenvalue weighted by molar-refractivity contribution is -0.0498. The number of amides is 1. The summed E-state index contributed by atoms with van der Waals surface area (Å²) >= 11 is 0. The van der Waals surface area contributed by atoms with E-state index in [0.29, 0.717) is 0 Å². The number of fused-ring (bicyclic) bond motifs is 1. The lowest BCUT2D eigenvalue weighted by atomic mass is 9.85. The predicted octanol–water partition coefficient (Wildman–Crippen LogP) is 4.85. The minimum absolute atomic E-state index is 0.117. The van der Waals surface area contributed by atoms with Crippen LogP contribution in [0.4, 0.5) is 13.6 Å². The number of carbonyl (C=O) groups is 1. The van der Waals surface area contributed by atoms with Crippen LogP contribution >= 0.6 is 0 Å². The molecule has 3 rings (SSSR count). The Hall–Kier alpha value is -2.63. The van der Waals surface area contributed by atoms with E-state index in [1.54, 1.807) is 12.1 Å². The molecule has 2 aromatic carbocycles. The van der Waals surface area contributed by atoms with E-state index in [9.17, 15) is 13.6 Å². The molecule has 0 radical (unpaired) electrons. The summed E-state index contributed by atoms with van der Waals surface area (Å²) in [6.45, 7) is 1.22. The van der Waals surface area contributed by atoms with Crippen LogP contribution < -0.4 is 10.1 Å². The molecule has 0 aliphatic heterocycles. The standard InChI is InChI=1S/C19H19F2NO3/c1-19(2)10-13-9-12(5-8-15(13)16(19)22-18(23)24)11-3-6-14(7-4-11)25-17(20)21/h3-9,16-17,22H,10H2,1-2H3,(H,23,24). The maximum atomic E-state index is 12.2. The van der Waals surface area contributed by atoms with Crippen LogP contribution in [0, 0.1) is 5.41 Å². The van der Waals surface area contributed by atoms with Crippen LogP contribution in [-0.4, -0.2) is 17.8 Å². The lowest BCUT2D eigenvalue weighted by Gasteiger charge is -2.27. The van der Waals surface area contributed by atoms with E-state index in [4.69, 9.17) is 5.11 Å². The molecule has 132 valence electrons. The average Bonchev–Trinajstić information content (AvgIpc) is 2.76. The molecular formula is C19H19F2NO3. The van der Waals surface area contributed by atoms with Crippen LogP contribution in [0.1, 0.15) is 31.0 Å². The van der Waals surface area contributed by atoms with Gasteiger partial charge in [0.15, 0.2) is 0 Å². The first-order chi connectivity index (χ1) is 11.8. The van der Waals surface area contributed by atoms with Crippen molar-refractivity contribution in [3.8, 4) is 16.9 Å². The Morgan fingerprint density at radius 3 is 2.44 bits per heavy atom. The summed E-state index contributed by atoms with van der Waals surface area (Å²) < 4.78 is 28.8. The van der Waals surface area contributed by atoms with Gasteiger partial charge in [0.1, 0.15) is 5.75 Å². The first-order valence-electron chi connectivity index (χ1n) is 7.94. The average molecular weight is 347 g/mol. The molecule has 2 aromatic rings. The Bertz CT molecular complexity index is 788. The largest absolute Gasteiger partial charge is 0.465 e.